The van der Waals surface area contributed by atoms with Gasteiger partial charge in [-0.1, -0.05) is 0 Å². The molecule has 2 aliphatic heterocycles. The second-order valence-corrected chi connectivity index (χ2v) is 7.56. The van der Waals surface area contributed by atoms with E-state index in [2.05, 4.69) is 14.8 Å². The highest BCUT2D eigenvalue weighted by molar-refractivity contribution is 7.91. The summed E-state index contributed by atoms with van der Waals surface area (Å²) in [6, 6.07) is 0.157. The fourth-order valence-electron chi connectivity index (χ4n) is 2.90. The van der Waals surface area contributed by atoms with E-state index in [1.165, 1.54) is 0 Å². The number of hydrogen-bond acceptors (Lipinski definition) is 5. The van der Waals surface area contributed by atoms with Crippen LogP contribution in [0.3, 0.4) is 0 Å². The Morgan fingerprint density at radius 2 is 2.11 bits per heavy atom. The zero-order valence-corrected chi connectivity index (χ0v) is 11.1. The summed E-state index contributed by atoms with van der Waals surface area (Å²) in [4.78, 5) is 0. The molecule has 18 heavy (non-hydrogen) atoms. The van der Waals surface area contributed by atoms with Gasteiger partial charge in [0.1, 0.15) is 11.6 Å². The molecule has 0 saturated carbocycles. The predicted octanol–water partition coefficient (Wildman–Crippen LogP) is -0.156. The van der Waals surface area contributed by atoms with Crippen molar-refractivity contribution < 1.29 is 8.42 Å². The summed E-state index contributed by atoms with van der Waals surface area (Å²) < 4.78 is 25.5. The fourth-order valence-corrected chi connectivity index (χ4v) is 4.61. The van der Waals surface area contributed by atoms with E-state index < -0.39 is 9.84 Å². The fraction of sp³-hybridized carbons (Fsp3) is 0.818. The Bertz CT molecular complexity index is 551. The van der Waals surface area contributed by atoms with Crippen LogP contribution in [0, 0.1) is 0 Å². The number of aromatic nitrogens is 3. The van der Waals surface area contributed by atoms with Crippen LogP contribution in [0.1, 0.15) is 36.8 Å². The third-order valence-electron chi connectivity index (χ3n) is 3.85. The van der Waals surface area contributed by atoms with Crippen LogP contribution < -0.4 is 5.73 Å². The first-order valence-corrected chi connectivity index (χ1v) is 8.25. The number of rotatable bonds is 1. The lowest BCUT2D eigenvalue weighted by molar-refractivity contribution is 0.439. The van der Waals surface area contributed by atoms with Crippen molar-refractivity contribution in [3.63, 3.8) is 0 Å². The van der Waals surface area contributed by atoms with Gasteiger partial charge in [-0.05, 0) is 19.3 Å². The van der Waals surface area contributed by atoms with Crippen LogP contribution in [0.4, 0.5) is 0 Å². The van der Waals surface area contributed by atoms with E-state index in [0.717, 1.165) is 43.9 Å². The first-order chi connectivity index (χ1) is 8.55. The van der Waals surface area contributed by atoms with E-state index in [1.54, 1.807) is 0 Å². The lowest BCUT2D eigenvalue weighted by atomic mass is 10.0. The molecule has 6 nitrogen and oxygen atoms in total. The maximum atomic E-state index is 11.7. The third kappa shape index (κ3) is 2.16. The molecule has 2 unspecified atom stereocenters. The predicted molar refractivity (Wildman–Crippen MR) is 66.9 cm³/mol. The Kier molecular flexibility index (Phi) is 2.90. The van der Waals surface area contributed by atoms with E-state index in [0.29, 0.717) is 5.75 Å². The maximum Gasteiger partial charge on any atom is 0.151 e. The summed E-state index contributed by atoms with van der Waals surface area (Å²) in [6.45, 7) is 0.815. The minimum atomic E-state index is -2.90. The average molecular weight is 270 g/mol. The van der Waals surface area contributed by atoms with Gasteiger partial charge in [0, 0.05) is 24.9 Å². The minimum Gasteiger partial charge on any atom is -0.327 e. The molecule has 1 saturated heterocycles. The molecular weight excluding hydrogens is 252 g/mol. The Balaban J connectivity index is 1.89. The summed E-state index contributed by atoms with van der Waals surface area (Å²) in [7, 11) is -2.90. The van der Waals surface area contributed by atoms with Crippen molar-refractivity contribution in [2.75, 3.05) is 11.5 Å². The first kappa shape index (κ1) is 12.1. The van der Waals surface area contributed by atoms with Gasteiger partial charge >= 0.3 is 0 Å². The highest BCUT2D eigenvalue weighted by Gasteiger charge is 2.31. The van der Waals surface area contributed by atoms with Crippen LogP contribution in [-0.4, -0.2) is 40.7 Å². The molecule has 1 aromatic rings. The molecular formula is C11H18N4O2S. The van der Waals surface area contributed by atoms with Gasteiger partial charge in [-0.25, -0.2) is 8.42 Å². The van der Waals surface area contributed by atoms with Gasteiger partial charge in [0.25, 0.3) is 0 Å². The summed E-state index contributed by atoms with van der Waals surface area (Å²) in [5, 5.41) is 8.38. The van der Waals surface area contributed by atoms with Gasteiger partial charge in [0.2, 0.25) is 0 Å². The molecule has 0 amide bonds. The van der Waals surface area contributed by atoms with Gasteiger partial charge in [-0.15, -0.1) is 10.2 Å². The second kappa shape index (κ2) is 4.31. The van der Waals surface area contributed by atoms with Crippen LogP contribution in [0.5, 0.6) is 0 Å². The SMILES string of the molecule is NC1CCn2c(nnc2C2CCCS(=O)(=O)C2)C1. The molecule has 7 heteroatoms. The van der Waals surface area contributed by atoms with Crippen molar-refractivity contribution in [3.05, 3.63) is 11.6 Å². The summed E-state index contributed by atoms with van der Waals surface area (Å²) >= 11 is 0. The molecule has 3 rings (SSSR count). The van der Waals surface area contributed by atoms with Crippen molar-refractivity contribution in [2.24, 2.45) is 5.73 Å². The van der Waals surface area contributed by atoms with Crippen LogP contribution in [0.2, 0.25) is 0 Å². The number of fused-ring (bicyclic) bond motifs is 1. The quantitative estimate of drug-likeness (QED) is 0.766. The van der Waals surface area contributed by atoms with Crippen LogP contribution >= 0.6 is 0 Å². The molecule has 0 bridgehead atoms. The van der Waals surface area contributed by atoms with Gasteiger partial charge in [0.05, 0.1) is 11.5 Å². The van der Waals surface area contributed by atoms with Crippen LogP contribution in [-0.2, 0) is 22.8 Å². The monoisotopic (exact) mass is 270 g/mol. The van der Waals surface area contributed by atoms with Crippen molar-refractivity contribution in [1.82, 2.24) is 14.8 Å². The molecule has 1 aromatic heterocycles. The Labute approximate surface area is 106 Å². The molecule has 1 fully saturated rings. The second-order valence-electron chi connectivity index (χ2n) is 5.33. The van der Waals surface area contributed by atoms with Gasteiger partial charge < -0.3 is 10.3 Å². The number of nitrogens with zero attached hydrogens (tertiary/aromatic N) is 3. The lowest BCUT2D eigenvalue weighted by Crippen LogP contribution is -2.33. The van der Waals surface area contributed by atoms with Gasteiger partial charge in [-0.3, -0.25) is 0 Å². The van der Waals surface area contributed by atoms with Gasteiger partial charge in [0.15, 0.2) is 9.84 Å². The molecule has 100 valence electrons. The largest absolute Gasteiger partial charge is 0.327 e. The third-order valence-corrected chi connectivity index (χ3v) is 5.67. The number of hydrogen-bond donors (Lipinski definition) is 1. The highest BCUT2D eigenvalue weighted by atomic mass is 32.2. The summed E-state index contributed by atoms with van der Waals surface area (Å²) in [5.41, 5.74) is 5.90. The van der Waals surface area contributed by atoms with E-state index in [1.807, 2.05) is 0 Å². The van der Waals surface area contributed by atoms with Crippen molar-refractivity contribution in [1.29, 1.82) is 0 Å². The Morgan fingerprint density at radius 3 is 2.89 bits per heavy atom. The number of nitrogens with two attached hydrogens (primary N) is 1. The van der Waals surface area contributed by atoms with E-state index in [-0.39, 0.29) is 17.7 Å². The van der Waals surface area contributed by atoms with Gasteiger partial charge in [-0.2, -0.15) is 0 Å². The highest BCUT2D eigenvalue weighted by Crippen LogP contribution is 2.29. The van der Waals surface area contributed by atoms with E-state index >= 15 is 0 Å². The molecule has 3 heterocycles. The zero-order valence-electron chi connectivity index (χ0n) is 10.2. The maximum absolute atomic E-state index is 11.7. The zero-order chi connectivity index (χ0) is 12.8. The summed E-state index contributed by atoms with van der Waals surface area (Å²) in [6.07, 6.45) is 3.28. The van der Waals surface area contributed by atoms with Crippen LogP contribution in [0.15, 0.2) is 0 Å². The van der Waals surface area contributed by atoms with E-state index in [9.17, 15) is 8.42 Å². The first-order valence-electron chi connectivity index (χ1n) is 6.43. The number of sulfone groups is 1. The Hall–Kier alpha value is -0.950. The molecule has 2 aliphatic rings. The van der Waals surface area contributed by atoms with Crippen molar-refractivity contribution in [2.45, 2.75) is 44.2 Å². The molecule has 0 radical (unpaired) electrons. The molecule has 0 aromatic carbocycles. The lowest BCUT2D eigenvalue weighted by Gasteiger charge is -2.25. The minimum absolute atomic E-state index is 0.0133. The molecule has 0 spiro atoms. The van der Waals surface area contributed by atoms with E-state index in [4.69, 9.17) is 5.73 Å². The topological polar surface area (TPSA) is 90.9 Å². The molecule has 0 aliphatic carbocycles. The average Bonchev–Trinajstić information content (AvgIpc) is 2.70. The molecule has 2 N–H and O–H groups in total. The Morgan fingerprint density at radius 1 is 1.28 bits per heavy atom. The van der Waals surface area contributed by atoms with Crippen molar-refractivity contribution in [3.8, 4) is 0 Å². The smallest absolute Gasteiger partial charge is 0.151 e. The van der Waals surface area contributed by atoms with Crippen molar-refractivity contribution >= 4 is 9.84 Å². The standard InChI is InChI=1S/C11H18N4O2S/c12-9-3-4-15-10(6-9)13-14-11(15)8-2-1-5-18(16,17)7-8/h8-9H,1-7,12H2. The molecule has 2 atom stereocenters. The summed E-state index contributed by atoms with van der Waals surface area (Å²) in [5.74, 6) is 2.30. The normalized spacial score (nSPS) is 30.9. The van der Waals surface area contributed by atoms with Crippen LogP contribution in [0.25, 0.3) is 0 Å².